The fourth-order valence-corrected chi connectivity index (χ4v) is 2.98. The summed E-state index contributed by atoms with van der Waals surface area (Å²) in [5.41, 5.74) is 1.53. The van der Waals surface area contributed by atoms with Crippen molar-refractivity contribution < 1.29 is 4.74 Å². The molecule has 0 amide bonds. The predicted octanol–water partition coefficient (Wildman–Crippen LogP) is 3.29. The molecule has 0 unspecified atom stereocenters. The van der Waals surface area contributed by atoms with Crippen LogP contribution in [0.15, 0.2) is 36.7 Å². The number of H-pyrrole nitrogens is 1. The molecule has 4 rings (SSSR count). The molecule has 0 aliphatic heterocycles. The Labute approximate surface area is 134 Å². The Balaban J connectivity index is 1.56. The third-order valence-corrected chi connectivity index (χ3v) is 4.14. The Hall–Kier alpha value is -2.63. The Morgan fingerprint density at radius 2 is 1.96 bits per heavy atom. The molecule has 0 atom stereocenters. The number of para-hydroxylation sites is 1. The number of fused-ring (bicyclic) bond motifs is 1. The van der Waals surface area contributed by atoms with Crippen molar-refractivity contribution in [2.24, 2.45) is 0 Å². The topological polar surface area (TPSA) is 75.7 Å². The van der Waals surface area contributed by atoms with E-state index in [9.17, 15) is 0 Å². The normalized spacial score (nSPS) is 15.1. The molecule has 23 heavy (non-hydrogen) atoms. The minimum Gasteiger partial charge on any atom is -0.486 e. The number of ether oxygens (including phenoxy) is 1. The minimum atomic E-state index is 0.326. The van der Waals surface area contributed by atoms with Crippen molar-refractivity contribution in [3.63, 3.8) is 0 Å². The Morgan fingerprint density at radius 1 is 1.13 bits per heavy atom. The molecule has 2 N–H and O–H groups in total. The third kappa shape index (κ3) is 3.11. The van der Waals surface area contributed by atoms with Crippen molar-refractivity contribution in [2.75, 3.05) is 5.32 Å². The quantitative estimate of drug-likeness (QED) is 0.756. The second kappa shape index (κ2) is 6.24. The van der Waals surface area contributed by atoms with Gasteiger partial charge in [-0.25, -0.2) is 15.0 Å². The van der Waals surface area contributed by atoms with Crippen LogP contribution in [0.2, 0.25) is 0 Å². The summed E-state index contributed by atoms with van der Waals surface area (Å²) in [4.78, 5) is 16.5. The van der Waals surface area contributed by atoms with E-state index in [0.717, 1.165) is 17.1 Å². The minimum absolute atomic E-state index is 0.326. The standard InChI is InChI=1S/C17H19N5O/c1-2-8-13(9-3-1)23-10-14-21-16-15(18-11-19-16)17(22-14)20-12-6-4-5-7-12/h1-3,8-9,11-12H,4-7,10H2,(H2,18,19,20,21,22). The monoisotopic (exact) mass is 309 g/mol. The van der Waals surface area contributed by atoms with Gasteiger partial charge in [0.05, 0.1) is 6.33 Å². The van der Waals surface area contributed by atoms with Crippen LogP contribution in [0.5, 0.6) is 5.75 Å². The average Bonchev–Trinajstić information content (AvgIpc) is 3.25. The zero-order chi connectivity index (χ0) is 15.5. The summed E-state index contributed by atoms with van der Waals surface area (Å²) < 4.78 is 5.75. The smallest absolute Gasteiger partial charge is 0.183 e. The lowest BCUT2D eigenvalue weighted by atomic mass is 10.2. The van der Waals surface area contributed by atoms with Gasteiger partial charge in [-0.2, -0.15) is 0 Å². The number of benzene rings is 1. The molecule has 0 bridgehead atoms. The average molecular weight is 309 g/mol. The molecular weight excluding hydrogens is 290 g/mol. The van der Waals surface area contributed by atoms with Gasteiger partial charge in [0.2, 0.25) is 0 Å². The molecule has 118 valence electrons. The summed E-state index contributed by atoms with van der Waals surface area (Å²) in [6.45, 7) is 0.326. The van der Waals surface area contributed by atoms with Crippen LogP contribution in [-0.4, -0.2) is 26.0 Å². The van der Waals surface area contributed by atoms with Gasteiger partial charge in [0, 0.05) is 6.04 Å². The number of nitrogens with one attached hydrogen (secondary N) is 2. The number of aromatic nitrogens is 4. The van der Waals surface area contributed by atoms with Crippen LogP contribution in [0, 0.1) is 0 Å². The molecule has 0 spiro atoms. The molecule has 6 nitrogen and oxygen atoms in total. The number of nitrogens with zero attached hydrogens (tertiary/aromatic N) is 3. The summed E-state index contributed by atoms with van der Waals surface area (Å²) in [5, 5.41) is 3.53. The highest BCUT2D eigenvalue weighted by molar-refractivity contribution is 5.82. The van der Waals surface area contributed by atoms with Crippen LogP contribution in [0.25, 0.3) is 11.2 Å². The second-order valence-corrected chi connectivity index (χ2v) is 5.82. The third-order valence-electron chi connectivity index (χ3n) is 4.14. The number of aromatic amines is 1. The zero-order valence-electron chi connectivity index (χ0n) is 12.8. The largest absolute Gasteiger partial charge is 0.486 e. The van der Waals surface area contributed by atoms with E-state index < -0.39 is 0 Å². The molecule has 1 aromatic carbocycles. The molecule has 1 fully saturated rings. The van der Waals surface area contributed by atoms with Crippen molar-refractivity contribution in [3.05, 3.63) is 42.5 Å². The van der Waals surface area contributed by atoms with Gasteiger partial charge >= 0.3 is 0 Å². The van der Waals surface area contributed by atoms with E-state index in [1.54, 1.807) is 6.33 Å². The first-order chi connectivity index (χ1) is 11.4. The molecule has 0 saturated heterocycles. The summed E-state index contributed by atoms with van der Waals surface area (Å²) in [7, 11) is 0. The lowest BCUT2D eigenvalue weighted by molar-refractivity contribution is 0.296. The number of hydrogen-bond acceptors (Lipinski definition) is 5. The first-order valence-electron chi connectivity index (χ1n) is 8.03. The van der Waals surface area contributed by atoms with Crippen LogP contribution < -0.4 is 10.1 Å². The lowest BCUT2D eigenvalue weighted by Crippen LogP contribution is -2.17. The Kier molecular flexibility index (Phi) is 3.80. The van der Waals surface area contributed by atoms with Crippen molar-refractivity contribution in [1.29, 1.82) is 0 Å². The van der Waals surface area contributed by atoms with Gasteiger partial charge < -0.3 is 15.0 Å². The molecule has 2 heterocycles. The summed E-state index contributed by atoms with van der Waals surface area (Å²) in [5.74, 6) is 2.27. The first kappa shape index (κ1) is 14.0. The summed E-state index contributed by atoms with van der Waals surface area (Å²) in [6.07, 6.45) is 6.59. The molecule has 1 aliphatic carbocycles. The molecule has 1 saturated carbocycles. The van der Waals surface area contributed by atoms with Gasteiger partial charge in [0.25, 0.3) is 0 Å². The maximum atomic E-state index is 5.75. The van der Waals surface area contributed by atoms with Crippen molar-refractivity contribution in [2.45, 2.75) is 38.3 Å². The van der Waals surface area contributed by atoms with Crippen molar-refractivity contribution >= 4 is 17.0 Å². The van der Waals surface area contributed by atoms with Crippen molar-refractivity contribution in [3.8, 4) is 5.75 Å². The summed E-state index contributed by atoms with van der Waals surface area (Å²) in [6, 6.07) is 10.2. The fraction of sp³-hybridized carbons (Fsp3) is 0.353. The fourth-order valence-electron chi connectivity index (χ4n) is 2.98. The van der Waals surface area contributed by atoms with Crippen LogP contribution in [-0.2, 0) is 6.61 Å². The van der Waals surface area contributed by atoms with Gasteiger partial charge in [0.1, 0.15) is 17.9 Å². The maximum absolute atomic E-state index is 5.75. The van der Waals surface area contributed by atoms with E-state index in [1.165, 1.54) is 25.7 Å². The molecule has 3 aromatic rings. The maximum Gasteiger partial charge on any atom is 0.183 e. The van der Waals surface area contributed by atoms with Crippen LogP contribution in [0.4, 0.5) is 5.82 Å². The SMILES string of the molecule is c1ccc(OCc2nc(NC3CCCC3)c3[nH]cnc3n2)cc1. The van der Waals surface area contributed by atoms with Gasteiger partial charge in [0.15, 0.2) is 17.3 Å². The predicted molar refractivity (Wildman–Crippen MR) is 88.3 cm³/mol. The first-order valence-corrected chi connectivity index (χ1v) is 8.03. The number of anilines is 1. The van der Waals surface area contributed by atoms with E-state index in [2.05, 4.69) is 25.3 Å². The molecule has 6 heteroatoms. The molecular formula is C17H19N5O. The Morgan fingerprint density at radius 3 is 2.78 bits per heavy atom. The van der Waals surface area contributed by atoms with Crippen LogP contribution >= 0.6 is 0 Å². The second-order valence-electron chi connectivity index (χ2n) is 5.82. The van der Waals surface area contributed by atoms with Gasteiger partial charge in [-0.15, -0.1) is 0 Å². The highest BCUT2D eigenvalue weighted by Crippen LogP contribution is 2.24. The van der Waals surface area contributed by atoms with E-state index in [0.29, 0.717) is 24.1 Å². The van der Waals surface area contributed by atoms with Gasteiger partial charge in [-0.3, -0.25) is 0 Å². The van der Waals surface area contributed by atoms with Gasteiger partial charge in [-0.05, 0) is 25.0 Å². The van der Waals surface area contributed by atoms with E-state index in [1.807, 2.05) is 30.3 Å². The van der Waals surface area contributed by atoms with Crippen LogP contribution in [0.1, 0.15) is 31.5 Å². The summed E-state index contributed by atoms with van der Waals surface area (Å²) >= 11 is 0. The zero-order valence-corrected chi connectivity index (χ0v) is 12.8. The van der Waals surface area contributed by atoms with E-state index in [-0.39, 0.29) is 0 Å². The molecule has 1 aliphatic rings. The number of hydrogen-bond donors (Lipinski definition) is 2. The Bertz CT molecular complexity index is 780. The van der Waals surface area contributed by atoms with E-state index in [4.69, 9.17) is 4.74 Å². The number of imidazole rings is 1. The highest BCUT2D eigenvalue weighted by Gasteiger charge is 2.18. The molecule has 2 aromatic heterocycles. The van der Waals surface area contributed by atoms with Crippen molar-refractivity contribution in [1.82, 2.24) is 19.9 Å². The lowest BCUT2D eigenvalue weighted by Gasteiger charge is -2.14. The van der Waals surface area contributed by atoms with E-state index >= 15 is 0 Å². The van der Waals surface area contributed by atoms with Crippen LogP contribution in [0.3, 0.4) is 0 Å². The van der Waals surface area contributed by atoms with Gasteiger partial charge in [-0.1, -0.05) is 31.0 Å². The highest BCUT2D eigenvalue weighted by atomic mass is 16.5. The number of rotatable bonds is 5. The molecule has 0 radical (unpaired) electrons.